The van der Waals surface area contributed by atoms with Crippen molar-refractivity contribution >= 4 is 5.52 Å². The quantitative estimate of drug-likeness (QED) is 0.456. The van der Waals surface area contributed by atoms with E-state index in [1.54, 1.807) is 53.9 Å². The van der Waals surface area contributed by atoms with E-state index < -0.39 is 5.60 Å². The maximum absolute atomic E-state index is 15.3. The molecular weight excluding hydrogens is 431 g/mol. The van der Waals surface area contributed by atoms with E-state index in [0.29, 0.717) is 17.7 Å². The van der Waals surface area contributed by atoms with Crippen LogP contribution in [0.3, 0.4) is 0 Å². The van der Waals surface area contributed by atoms with Crippen LogP contribution in [0.1, 0.15) is 51.1 Å². The lowest BCUT2D eigenvalue weighted by atomic mass is 9.80. The van der Waals surface area contributed by atoms with Gasteiger partial charge in [0.2, 0.25) is 0 Å². The number of benzene rings is 1. The third-order valence-electron chi connectivity index (χ3n) is 6.53. The van der Waals surface area contributed by atoms with Gasteiger partial charge >= 0.3 is 0 Å². The first-order chi connectivity index (χ1) is 16.3. The predicted molar refractivity (Wildman–Crippen MR) is 126 cm³/mol. The molecule has 4 aromatic rings. The van der Waals surface area contributed by atoms with E-state index in [2.05, 4.69) is 16.3 Å². The first-order valence-corrected chi connectivity index (χ1v) is 11.6. The number of nitrogens with zero attached hydrogens (tertiary/aromatic N) is 6. The molecule has 0 spiro atoms. The number of hydrogen-bond acceptors (Lipinski definition) is 5. The van der Waals surface area contributed by atoms with Gasteiger partial charge in [-0.25, -0.2) is 8.91 Å². The van der Waals surface area contributed by atoms with Crippen LogP contribution in [-0.2, 0) is 6.54 Å². The molecule has 1 aliphatic rings. The Balaban J connectivity index is 1.48. The molecule has 3 aromatic heterocycles. The fourth-order valence-electron chi connectivity index (χ4n) is 4.88. The third kappa shape index (κ3) is 4.31. The normalized spacial score (nSPS) is 18.8. The number of aliphatic hydroxyl groups is 1. The summed E-state index contributed by atoms with van der Waals surface area (Å²) >= 11 is 0. The zero-order valence-corrected chi connectivity index (χ0v) is 19.3. The second-order valence-corrected chi connectivity index (χ2v) is 9.78. The van der Waals surface area contributed by atoms with Crippen LogP contribution in [0.25, 0.3) is 27.8 Å². The Kier molecular flexibility index (Phi) is 5.66. The van der Waals surface area contributed by atoms with Gasteiger partial charge in [0.15, 0.2) is 0 Å². The van der Waals surface area contributed by atoms with Crippen LogP contribution in [0.2, 0.25) is 0 Å². The Labute approximate surface area is 197 Å². The van der Waals surface area contributed by atoms with Gasteiger partial charge in [0.1, 0.15) is 5.82 Å². The molecule has 8 heteroatoms. The van der Waals surface area contributed by atoms with E-state index in [1.165, 1.54) is 6.07 Å². The SMILES string of the molecule is CC(C)(O)Cn1cc(-c2ccc(-c3cnn4ccnc(C5CCC(C#N)CC5)c34)cc2F)cn1. The molecular formula is C26H27FN6O. The summed E-state index contributed by atoms with van der Waals surface area (Å²) in [7, 11) is 0. The Morgan fingerprint density at radius 1 is 1.12 bits per heavy atom. The molecule has 0 saturated heterocycles. The molecule has 0 radical (unpaired) electrons. The van der Waals surface area contributed by atoms with Crippen molar-refractivity contribution in [3.05, 3.63) is 60.7 Å². The lowest BCUT2D eigenvalue weighted by Crippen LogP contribution is -2.26. The van der Waals surface area contributed by atoms with Crippen LogP contribution in [0.4, 0.5) is 4.39 Å². The number of nitriles is 1. The van der Waals surface area contributed by atoms with Crippen molar-refractivity contribution in [2.24, 2.45) is 5.92 Å². The zero-order valence-electron chi connectivity index (χ0n) is 19.3. The molecule has 174 valence electrons. The maximum Gasteiger partial charge on any atom is 0.131 e. The molecule has 0 amide bonds. The van der Waals surface area contributed by atoms with Crippen LogP contribution >= 0.6 is 0 Å². The average molecular weight is 459 g/mol. The molecule has 1 N–H and O–H groups in total. The molecule has 0 aliphatic heterocycles. The highest BCUT2D eigenvalue weighted by Crippen LogP contribution is 2.39. The molecule has 34 heavy (non-hydrogen) atoms. The summed E-state index contributed by atoms with van der Waals surface area (Å²) in [5, 5.41) is 28.0. The van der Waals surface area contributed by atoms with Gasteiger partial charge < -0.3 is 5.11 Å². The molecule has 0 unspecified atom stereocenters. The predicted octanol–water partition coefficient (Wildman–Crippen LogP) is 4.97. The van der Waals surface area contributed by atoms with Gasteiger partial charge in [-0.1, -0.05) is 12.1 Å². The molecule has 1 saturated carbocycles. The fraction of sp³-hybridized carbons (Fsp3) is 0.385. The molecule has 3 heterocycles. The van der Waals surface area contributed by atoms with Crippen molar-refractivity contribution < 1.29 is 9.50 Å². The summed E-state index contributed by atoms with van der Waals surface area (Å²) in [5.74, 6) is 0.0314. The Hall–Kier alpha value is -3.57. The summed E-state index contributed by atoms with van der Waals surface area (Å²) in [6.45, 7) is 3.73. The average Bonchev–Trinajstić information content (AvgIpc) is 3.45. The first-order valence-electron chi connectivity index (χ1n) is 11.6. The van der Waals surface area contributed by atoms with Gasteiger partial charge in [-0.2, -0.15) is 15.5 Å². The van der Waals surface area contributed by atoms with Crippen LogP contribution in [0.5, 0.6) is 0 Å². The van der Waals surface area contributed by atoms with Gasteiger partial charge in [-0.3, -0.25) is 9.67 Å². The minimum atomic E-state index is -0.908. The molecule has 0 bridgehead atoms. The summed E-state index contributed by atoms with van der Waals surface area (Å²) in [6, 6.07) is 7.57. The van der Waals surface area contributed by atoms with E-state index in [4.69, 9.17) is 4.98 Å². The standard InChI is InChI=1S/C26H27FN6O/c1-26(2,34)16-32-15-20(13-30-32)21-8-7-19(11-23(21)27)22-14-31-33-10-9-29-24(25(22)33)18-5-3-17(12-28)4-6-18/h7-11,13-15,17-18,34H,3-6,16H2,1-2H3. The van der Waals surface area contributed by atoms with Crippen molar-refractivity contribution in [3.8, 4) is 28.3 Å². The monoisotopic (exact) mass is 458 g/mol. The van der Waals surface area contributed by atoms with E-state index in [1.807, 2.05) is 12.3 Å². The fourth-order valence-corrected chi connectivity index (χ4v) is 4.88. The minimum Gasteiger partial charge on any atom is -0.389 e. The minimum absolute atomic E-state index is 0.120. The maximum atomic E-state index is 15.3. The number of fused-ring (bicyclic) bond motifs is 1. The van der Waals surface area contributed by atoms with Gasteiger partial charge in [-0.05, 0) is 51.2 Å². The molecule has 1 aliphatic carbocycles. The number of aromatic nitrogens is 5. The molecule has 1 fully saturated rings. The molecule has 7 nitrogen and oxygen atoms in total. The smallest absolute Gasteiger partial charge is 0.131 e. The van der Waals surface area contributed by atoms with E-state index in [-0.39, 0.29) is 17.7 Å². The van der Waals surface area contributed by atoms with E-state index in [9.17, 15) is 10.4 Å². The lowest BCUT2D eigenvalue weighted by Gasteiger charge is -2.25. The van der Waals surface area contributed by atoms with Crippen LogP contribution < -0.4 is 0 Å². The van der Waals surface area contributed by atoms with Gasteiger partial charge in [-0.15, -0.1) is 0 Å². The third-order valence-corrected chi connectivity index (χ3v) is 6.53. The van der Waals surface area contributed by atoms with Crippen LogP contribution in [-0.4, -0.2) is 35.1 Å². The van der Waals surface area contributed by atoms with E-state index in [0.717, 1.165) is 48.0 Å². The lowest BCUT2D eigenvalue weighted by molar-refractivity contribution is 0.0577. The highest BCUT2D eigenvalue weighted by Gasteiger charge is 2.26. The summed E-state index contributed by atoms with van der Waals surface area (Å²) < 4.78 is 18.7. The highest BCUT2D eigenvalue weighted by atomic mass is 19.1. The number of rotatable bonds is 5. The Bertz CT molecular complexity index is 1370. The van der Waals surface area contributed by atoms with Gasteiger partial charge in [0.25, 0.3) is 0 Å². The summed E-state index contributed by atoms with van der Waals surface area (Å²) in [5.41, 5.74) is 3.64. The van der Waals surface area contributed by atoms with Crippen LogP contribution in [0.15, 0.2) is 49.2 Å². The second kappa shape index (κ2) is 8.65. The largest absolute Gasteiger partial charge is 0.389 e. The number of hydrogen-bond donors (Lipinski definition) is 1. The van der Waals surface area contributed by atoms with Crippen molar-refractivity contribution in [3.63, 3.8) is 0 Å². The molecule has 1 aromatic carbocycles. The topological polar surface area (TPSA) is 92.0 Å². The Morgan fingerprint density at radius 3 is 2.62 bits per heavy atom. The van der Waals surface area contributed by atoms with Crippen LogP contribution in [0, 0.1) is 23.1 Å². The Morgan fingerprint density at radius 2 is 1.91 bits per heavy atom. The number of halogens is 1. The highest BCUT2D eigenvalue weighted by molar-refractivity contribution is 5.83. The van der Waals surface area contributed by atoms with E-state index >= 15 is 4.39 Å². The van der Waals surface area contributed by atoms with Crippen molar-refractivity contribution in [2.75, 3.05) is 0 Å². The van der Waals surface area contributed by atoms with Crippen molar-refractivity contribution in [1.82, 2.24) is 24.4 Å². The second-order valence-electron chi connectivity index (χ2n) is 9.78. The summed E-state index contributed by atoms with van der Waals surface area (Å²) in [6.07, 6.45) is 12.3. The van der Waals surface area contributed by atoms with Crippen molar-refractivity contribution in [1.29, 1.82) is 5.26 Å². The first kappa shape index (κ1) is 22.2. The summed E-state index contributed by atoms with van der Waals surface area (Å²) in [4.78, 5) is 4.69. The zero-order chi connectivity index (χ0) is 23.9. The molecule has 5 rings (SSSR count). The molecule has 0 atom stereocenters. The van der Waals surface area contributed by atoms with Gasteiger partial charge in [0.05, 0.1) is 41.8 Å². The van der Waals surface area contributed by atoms with Gasteiger partial charge in [0, 0.05) is 47.1 Å². The van der Waals surface area contributed by atoms with Crippen molar-refractivity contribution in [2.45, 2.75) is 57.6 Å².